The minimum absolute atomic E-state index is 0.125. The molecule has 2 nitrogen and oxygen atoms in total. The molecule has 2 N–H and O–H groups in total. The average molecular weight is 272 g/mol. The molecular formula is C14H19ClFNO. The van der Waals surface area contributed by atoms with E-state index in [1.807, 2.05) is 0 Å². The van der Waals surface area contributed by atoms with Gasteiger partial charge in [0.05, 0.1) is 6.61 Å². The summed E-state index contributed by atoms with van der Waals surface area (Å²) in [5.41, 5.74) is 0.531. The highest BCUT2D eigenvalue weighted by Crippen LogP contribution is 2.28. The molecular weight excluding hydrogens is 253 g/mol. The highest BCUT2D eigenvalue weighted by atomic mass is 35.5. The second kappa shape index (κ2) is 6.00. The van der Waals surface area contributed by atoms with Gasteiger partial charge >= 0.3 is 0 Å². The van der Waals surface area contributed by atoms with Crippen molar-refractivity contribution in [1.29, 1.82) is 0 Å². The van der Waals surface area contributed by atoms with E-state index in [0.29, 0.717) is 11.6 Å². The minimum Gasteiger partial charge on any atom is -0.394 e. The first-order valence-corrected chi connectivity index (χ1v) is 6.83. The molecule has 0 unspecified atom stereocenters. The fourth-order valence-corrected chi connectivity index (χ4v) is 2.77. The second-order valence-corrected chi connectivity index (χ2v) is 5.50. The van der Waals surface area contributed by atoms with E-state index in [9.17, 15) is 9.50 Å². The molecule has 1 aliphatic rings. The summed E-state index contributed by atoms with van der Waals surface area (Å²) in [5, 5.41) is 13.5. The second-order valence-electron chi connectivity index (χ2n) is 5.09. The number of halogens is 2. The lowest BCUT2D eigenvalue weighted by atomic mass is 9.82. The Balaban J connectivity index is 2.03. The van der Waals surface area contributed by atoms with Crippen LogP contribution in [0.25, 0.3) is 0 Å². The van der Waals surface area contributed by atoms with E-state index in [2.05, 4.69) is 5.32 Å². The Hall–Kier alpha value is -0.640. The largest absolute Gasteiger partial charge is 0.394 e. The van der Waals surface area contributed by atoms with Gasteiger partial charge in [-0.1, -0.05) is 30.9 Å². The molecule has 1 aromatic rings. The van der Waals surface area contributed by atoms with Crippen LogP contribution in [0.5, 0.6) is 0 Å². The lowest BCUT2D eigenvalue weighted by Gasteiger charge is -2.36. The summed E-state index contributed by atoms with van der Waals surface area (Å²) in [7, 11) is 0. The van der Waals surface area contributed by atoms with Crippen molar-refractivity contribution >= 4 is 11.6 Å². The van der Waals surface area contributed by atoms with Crippen molar-refractivity contribution in [2.75, 3.05) is 6.61 Å². The predicted octanol–water partition coefficient (Wildman–Crippen LogP) is 3.26. The summed E-state index contributed by atoms with van der Waals surface area (Å²) in [5.74, 6) is -0.280. The molecule has 0 atom stereocenters. The van der Waals surface area contributed by atoms with E-state index in [1.165, 1.54) is 18.6 Å². The molecule has 0 aliphatic heterocycles. The number of rotatable bonds is 4. The van der Waals surface area contributed by atoms with E-state index in [0.717, 1.165) is 31.2 Å². The van der Waals surface area contributed by atoms with Gasteiger partial charge in [0, 0.05) is 17.1 Å². The fraction of sp³-hybridized carbons (Fsp3) is 0.571. The van der Waals surface area contributed by atoms with Crippen LogP contribution in [-0.4, -0.2) is 17.3 Å². The third-order valence-corrected chi connectivity index (χ3v) is 4.14. The van der Waals surface area contributed by atoms with Gasteiger partial charge in [-0.3, -0.25) is 0 Å². The zero-order chi connectivity index (χ0) is 13.0. The van der Waals surface area contributed by atoms with E-state index in [1.54, 1.807) is 6.07 Å². The fourth-order valence-electron chi connectivity index (χ4n) is 2.58. The number of aliphatic hydroxyl groups is 1. The first kappa shape index (κ1) is 13.8. The molecule has 0 aromatic heterocycles. The standard InChI is InChI=1S/C14H19ClFNO/c15-13-5-4-12(16)8-11(13)9-17-14(10-18)6-2-1-3-7-14/h4-5,8,17-18H,1-3,6-7,9-10H2. The molecule has 100 valence electrons. The van der Waals surface area contributed by atoms with Gasteiger partial charge in [-0.05, 0) is 36.6 Å². The van der Waals surface area contributed by atoms with Crippen molar-refractivity contribution in [2.45, 2.75) is 44.2 Å². The first-order chi connectivity index (χ1) is 8.65. The van der Waals surface area contributed by atoms with E-state index in [4.69, 9.17) is 11.6 Å². The number of hydrogen-bond donors (Lipinski definition) is 2. The quantitative estimate of drug-likeness (QED) is 0.881. The van der Waals surface area contributed by atoms with Crippen LogP contribution in [0.4, 0.5) is 4.39 Å². The van der Waals surface area contributed by atoms with Gasteiger partial charge in [0.25, 0.3) is 0 Å². The van der Waals surface area contributed by atoms with Crippen LogP contribution in [0, 0.1) is 5.82 Å². The maximum Gasteiger partial charge on any atom is 0.123 e. The van der Waals surface area contributed by atoms with Gasteiger partial charge < -0.3 is 10.4 Å². The number of hydrogen-bond acceptors (Lipinski definition) is 2. The summed E-state index contributed by atoms with van der Waals surface area (Å²) in [6.45, 7) is 0.622. The Kier molecular flexibility index (Phi) is 4.60. The van der Waals surface area contributed by atoms with Crippen LogP contribution >= 0.6 is 11.6 Å². The maximum atomic E-state index is 13.2. The molecule has 1 saturated carbocycles. The summed E-state index contributed by atoms with van der Waals surface area (Å²) < 4.78 is 13.2. The molecule has 18 heavy (non-hydrogen) atoms. The molecule has 4 heteroatoms. The van der Waals surface area contributed by atoms with Gasteiger partial charge in [-0.2, -0.15) is 0 Å². The molecule has 1 fully saturated rings. The van der Waals surface area contributed by atoms with Crippen molar-refractivity contribution in [3.8, 4) is 0 Å². The summed E-state index contributed by atoms with van der Waals surface area (Å²) in [6.07, 6.45) is 5.42. The average Bonchev–Trinajstić information content (AvgIpc) is 2.41. The SMILES string of the molecule is OCC1(NCc2cc(F)ccc2Cl)CCCCC1. The molecule has 0 heterocycles. The Morgan fingerprint density at radius 3 is 2.67 bits per heavy atom. The Morgan fingerprint density at radius 2 is 2.00 bits per heavy atom. The highest BCUT2D eigenvalue weighted by Gasteiger charge is 2.30. The minimum atomic E-state index is -0.280. The van der Waals surface area contributed by atoms with Crippen molar-refractivity contribution in [2.24, 2.45) is 0 Å². The molecule has 0 saturated heterocycles. The lowest BCUT2D eigenvalue weighted by Crippen LogP contribution is -2.49. The monoisotopic (exact) mass is 271 g/mol. The van der Waals surface area contributed by atoms with Crippen molar-refractivity contribution in [1.82, 2.24) is 5.32 Å². The van der Waals surface area contributed by atoms with Crippen LogP contribution in [0.15, 0.2) is 18.2 Å². The van der Waals surface area contributed by atoms with E-state index in [-0.39, 0.29) is 18.0 Å². The zero-order valence-electron chi connectivity index (χ0n) is 10.4. The Labute approximate surface area is 112 Å². The third kappa shape index (κ3) is 3.22. The third-order valence-electron chi connectivity index (χ3n) is 3.77. The highest BCUT2D eigenvalue weighted by molar-refractivity contribution is 6.31. The van der Waals surface area contributed by atoms with Crippen LogP contribution in [0.3, 0.4) is 0 Å². The molecule has 0 spiro atoms. The Bertz CT molecular complexity index is 405. The summed E-state index contributed by atoms with van der Waals surface area (Å²) in [4.78, 5) is 0. The molecule has 1 aromatic carbocycles. The smallest absolute Gasteiger partial charge is 0.123 e. The van der Waals surface area contributed by atoms with Gasteiger partial charge in [-0.15, -0.1) is 0 Å². The van der Waals surface area contributed by atoms with Gasteiger partial charge in [0.1, 0.15) is 5.82 Å². The Morgan fingerprint density at radius 1 is 1.28 bits per heavy atom. The first-order valence-electron chi connectivity index (χ1n) is 6.45. The molecule has 0 amide bonds. The van der Waals surface area contributed by atoms with Crippen LogP contribution in [-0.2, 0) is 6.54 Å². The number of nitrogens with one attached hydrogen (secondary N) is 1. The van der Waals surface area contributed by atoms with Crippen molar-refractivity contribution in [3.05, 3.63) is 34.6 Å². The van der Waals surface area contributed by atoms with Crippen LogP contribution < -0.4 is 5.32 Å². The topological polar surface area (TPSA) is 32.3 Å². The number of benzene rings is 1. The van der Waals surface area contributed by atoms with E-state index < -0.39 is 0 Å². The van der Waals surface area contributed by atoms with Gasteiger partial charge in [0.15, 0.2) is 0 Å². The van der Waals surface area contributed by atoms with Crippen LogP contribution in [0.2, 0.25) is 5.02 Å². The van der Waals surface area contributed by atoms with Gasteiger partial charge in [0.2, 0.25) is 0 Å². The van der Waals surface area contributed by atoms with Gasteiger partial charge in [-0.25, -0.2) is 4.39 Å². The van der Waals surface area contributed by atoms with E-state index >= 15 is 0 Å². The predicted molar refractivity (Wildman–Crippen MR) is 71.2 cm³/mol. The maximum absolute atomic E-state index is 13.2. The molecule has 1 aliphatic carbocycles. The normalized spacial score (nSPS) is 18.8. The summed E-state index contributed by atoms with van der Waals surface area (Å²) in [6, 6.07) is 4.37. The molecule has 0 bridgehead atoms. The number of aliphatic hydroxyl groups excluding tert-OH is 1. The molecule has 0 radical (unpaired) electrons. The zero-order valence-corrected chi connectivity index (χ0v) is 11.1. The van der Waals surface area contributed by atoms with Crippen molar-refractivity contribution in [3.63, 3.8) is 0 Å². The summed E-state index contributed by atoms with van der Waals surface area (Å²) >= 11 is 6.03. The van der Waals surface area contributed by atoms with Crippen molar-refractivity contribution < 1.29 is 9.50 Å². The van der Waals surface area contributed by atoms with Crippen LogP contribution in [0.1, 0.15) is 37.7 Å². The lowest BCUT2D eigenvalue weighted by molar-refractivity contribution is 0.119. The molecule has 2 rings (SSSR count).